The number of nitrogens with zero attached hydrogens (tertiary/aromatic N) is 1. The Morgan fingerprint density at radius 1 is 1.38 bits per heavy atom. The van der Waals surface area contributed by atoms with Gasteiger partial charge in [-0.3, -0.25) is 0 Å². The van der Waals surface area contributed by atoms with Crippen molar-refractivity contribution >= 4 is 22.9 Å². The summed E-state index contributed by atoms with van der Waals surface area (Å²) in [6.07, 6.45) is 1.85. The predicted molar refractivity (Wildman–Crippen MR) is 87.7 cm³/mol. The standard InChI is InChI=1S/C16H20ClFN2S/c1-4-7-19-15(16-10(2)20-11(3)21-16)9-12-5-6-14(18)13(17)8-12/h5-6,8,15,19H,4,7,9H2,1-3H3. The molecule has 114 valence electrons. The van der Waals surface area contributed by atoms with Gasteiger partial charge in [-0.1, -0.05) is 24.6 Å². The third-order valence-electron chi connectivity index (χ3n) is 3.32. The summed E-state index contributed by atoms with van der Waals surface area (Å²) in [6.45, 7) is 7.14. The molecule has 2 rings (SSSR count). The van der Waals surface area contributed by atoms with E-state index < -0.39 is 0 Å². The summed E-state index contributed by atoms with van der Waals surface area (Å²) in [6, 6.07) is 5.13. The molecule has 2 aromatic rings. The summed E-state index contributed by atoms with van der Waals surface area (Å²) >= 11 is 7.60. The first kappa shape index (κ1) is 16.4. The van der Waals surface area contributed by atoms with Gasteiger partial charge in [0.15, 0.2) is 0 Å². The summed E-state index contributed by atoms with van der Waals surface area (Å²) in [5.74, 6) is -0.372. The number of benzene rings is 1. The molecule has 5 heteroatoms. The monoisotopic (exact) mass is 326 g/mol. The van der Waals surface area contributed by atoms with E-state index in [1.165, 1.54) is 10.9 Å². The Balaban J connectivity index is 2.23. The predicted octanol–water partition coefficient (Wildman–Crippen LogP) is 4.84. The lowest BCUT2D eigenvalue weighted by atomic mass is 10.0. The normalized spacial score (nSPS) is 12.6. The average molecular weight is 327 g/mol. The minimum Gasteiger partial charge on any atom is -0.309 e. The first-order valence-electron chi connectivity index (χ1n) is 7.12. The van der Waals surface area contributed by atoms with E-state index in [4.69, 9.17) is 11.6 Å². The zero-order valence-electron chi connectivity index (χ0n) is 12.5. The van der Waals surface area contributed by atoms with Crippen molar-refractivity contribution in [3.63, 3.8) is 0 Å². The van der Waals surface area contributed by atoms with Crippen molar-refractivity contribution in [1.29, 1.82) is 0 Å². The number of hydrogen-bond acceptors (Lipinski definition) is 3. The van der Waals surface area contributed by atoms with Gasteiger partial charge >= 0.3 is 0 Å². The van der Waals surface area contributed by atoms with Gasteiger partial charge in [0, 0.05) is 10.9 Å². The van der Waals surface area contributed by atoms with Crippen LogP contribution in [0.25, 0.3) is 0 Å². The zero-order valence-corrected chi connectivity index (χ0v) is 14.1. The highest BCUT2D eigenvalue weighted by molar-refractivity contribution is 7.11. The quantitative estimate of drug-likeness (QED) is 0.822. The van der Waals surface area contributed by atoms with Crippen LogP contribution in [0.1, 0.15) is 40.5 Å². The lowest BCUT2D eigenvalue weighted by molar-refractivity contribution is 0.533. The van der Waals surface area contributed by atoms with Crippen LogP contribution in [0, 0.1) is 19.7 Å². The Hall–Kier alpha value is -0.970. The second-order valence-electron chi connectivity index (χ2n) is 5.14. The number of halogens is 2. The van der Waals surface area contributed by atoms with Crippen LogP contribution in [0.15, 0.2) is 18.2 Å². The Morgan fingerprint density at radius 2 is 2.14 bits per heavy atom. The van der Waals surface area contributed by atoms with E-state index in [0.29, 0.717) is 0 Å². The van der Waals surface area contributed by atoms with Crippen LogP contribution in [0.3, 0.4) is 0 Å². The van der Waals surface area contributed by atoms with Crippen molar-refractivity contribution in [2.75, 3.05) is 6.54 Å². The summed E-state index contributed by atoms with van der Waals surface area (Å²) in [7, 11) is 0. The van der Waals surface area contributed by atoms with E-state index in [2.05, 4.69) is 17.2 Å². The minimum atomic E-state index is -0.372. The van der Waals surface area contributed by atoms with E-state index in [1.54, 1.807) is 23.5 Å². The first-order chi connectivity index (χ1) is 10.0. The van der Waals surface area contributed by atoms with Gasteiger partial charge in [0.2, 0.25) is 0 Å². The van der Waals surface area contributed by atoms with Gasteiger partial charge in [-0.05, 0) is 50.9 Å². The molecule has 0 aliphatic rings. The summed E-state index contributed by atoms with van der Waals surface area (Å²) in [5.41, 5.74) is 2.10. The fourth-order valence-electron chi connectivity index (χ4n) is 2.35. The number of hydrogen-bond donors (Lipinski definition) is 1. The fraction of sp³-hybridized carbons (Fsp3) is 0.438. The van der Waals surface area contributed by atoms with E-state index in [-0.39, 0.29) is 16.9 Å². The second-order valence-corrected chi connectivity index (χ2v) is 6.78. The molecule has 0 aliphatic carbocycles. The molecule has 21 heavy (non-hydrogen) atoms. The molecule has 1 aromatic heterocycles. The third-order valence-corrected chi connectivity index (χ3v) is 4.80. The Labute approximate surface area is 134 Å². The fourth-order valence-corrected chi connectivity index (χ4v) is 3.56. The lowest BCUT2D eigenvalue weighted by Gasteiger charge is -2.18. The highest BCUT2D eigenvalue weighted by Crippen LogP contribution is 2.28. The minimum absolute atomic E-state index is 0.180. The van der Waals surface area contributed by atoms with Crippen molar-refractivity contribution in [3.05, 3.63) is 50.2 Å². The van der Waals surface area contributed by atoms with Gasteiger partial charge in [0.05, 0.1) is 15.7 Å². The Bertz CT molecular complexity index is 612. The lowest BCUT2D eigenvalue weighted by Crippen LogP contribution is -2.24. The van der Waals surface area contributed by atoms with Crippen molar-refractivity contribution < 1.29 is 4.39 Å². The van der Waals surface area contributed by atoms with E-state index >= 15 is 0 Å². The van der Waals surface area contributed by atoms with Gasteiger partial charge in [-0.2, -0.15) is 0 Å². The largest absolute Gasteiger partial charge is 0.309 e. The van der Waals surface area contributed by atoms with Gasteiger partial charge in [0.1, 0.15) is 5.82 Å². The van der Waals surface area contributed by atoms with Gasteiger partial charge in [-0.25, -0.2) is 9.37 Å². The molecule has 0 saturated carbocycles. The first-order valence-corrected chi connectivity index (χ1v) is 8.32. The molecule has 0 radical (unpaired) electrons. The van der Waals surface area contributed by atoms with Crippen molar-refractivity contribution in [2.24, 2.45) is 0 Å². The van der Waals surface area contributed by atoms with Crippen LogP contribution >= 0.6 is 22.9 Å². The molecule has 1 aromatic carbocycles. The van der Waals surface area contributed by atoms with Crippen molar-refractivity contribution in [1.82, 2.24) is 10.3 Å². The topological polar surface area (TPSA) is 24.9 Å². The van der Waals surface area contributed by atoms with Gasteiger partial charge in [0.25, 0.3) is 0 Å². The van der Waals surface area contributed by atoms with Crippen LogP contribution in [0.5, 0.6) is 0 Å². The van der Waals surface area contributed by atoms with Crippen LogP contribution in [0.4, 0.5) is 4.39 Å². The van der Waals surface area contributed by atoms with Crippen LogP contribution < -0.4 is 5.32 Å². The molecule has 1 unspecified atom stereocenters. The molecular weight excluding hydrogens is 307 g/mol. The zero-order chi connectivity index (χ0) is 15.4. The highest BCUT2D eigenvalue weighted by atomic mass is 35.5. The molecule has 1 N–H and O–H groups in total. The molecule has 0 spiro atoms. The van der Waals surface area contributed by atoms with E-state index in [1.807, 2.05) is 13.8 Å². The molecular formula is C16H20ClFN2S. The second kappa shape index (κ2) is 7.34. The molecule has 1 heterocycles. The van der Waals surface area contributed by atoms with Crippen molar-refractivity contribution in [2.45, 2.75) is 39.7 Å². The number of thiazole rings is 1. The molecule has 0 amide bonds. The van der Waals surface area contributed by atoms with Gasteiger partial charge in [-0.15, -0.1) is 11.3 Å². The maximum Gasteiger partial charge on any atom is 0.141 e. The van der Waals surface area contributed by atoms with E-state index in [0.717, 1.165) is 35.7 Å². The van der Waals surface area contributed by atoms with Crippen LogP contribution in [-0.2, 0) is 6.42 Å². The molecule has 2 nitrogen and oxygen atoms in total. The Morgan fingerprint density at radius 3 is 2.71 bits per heavy atom. The number of rotatable bonds is 6. The molecule has 0 aliphatic heterocycles. The maximum absolute atomic E-state index is 13.3. The van der Waals surface area contributed by atoms with Crippen LogP contribution in [-0.4, -0.2) is 11.5 Å². The Kier molecular flexibility index (Phi) is 5.73. The highest BCUT2D eigenvalue weighted by Gasteiger charge is 2.18. The third kappa shape index (κ3) is 4.25. The summed E-state index contributed by atoms with van der Waals surface area (Å²) in [5, 5.41) is 4.81. The van der Waals surface area contributed by atoms with Gasteiger partial charge < -0.3 is 5.32 Å². The summed E-state index contributed by atoms with van der Waals surface area (Å²) < 4.78 is 13.3. The smallest absolute Gasteiger partial charge is 0.141 e. The number of aryl methyl sites for hydroxylation is 2. The SMILES string of the molecule is CCCNC(Cc1ccc(F)c(Cl)c1)c1sc(C)nc1C. The maximum atomic E-state index is 13.3. The summed E-state index contributed by atoms with van der Waals surface area (Å²) in [4.78, 5) is 5.76. The molecule has 0 bridgehead atoms. The average Bonchev–Trinajstić information content (AvgIpc) is 2.77. The number of nitrogens with one attached hydrogen (secondary N) is 1. The van der Waals surface area contributed by atoms with Crippen LogP contribution in [0.2, 0.25) is 5.02 Å². The molecule has 1 atom stereocenters. The molecule has 0 fully saturated rings. The molecule has 0 saturated heterocycles. The number of aromatic nitrogens is 1. The van der Waals surface area contributed by atoms with Crippen molar-refractivity contribution in [3.8, 4) is 0 Å². The van der Waals surface area contributed by atoms with E-state index in [9.17, 15) is 4.39 Å².